The van der Waals surface area contributed by atoms with E-state index in [2.05, 4.69) is 0 Å². The van der Waals surface area contributed by atoms with Crippen molar-refractivity contribution in [3.05, 3.63) is 0 Å². The Hall–Kier alpha value is -0.130. The summed E-state index contributed by atoms with van der Waals surface area (Å²) in [5, 5.41) is 0. The van der Waals surface area contributed by atoms with E-state index < -0.39 is 19.8 Å². The van der Waals surface area contributed by atoms with Gasteiger partial charge in [0, 0.05) is 0 Å². The summed E-state index contributed by atoms with van der Waals surface area (Å²) in [5.74, 6) is 0.486. The first-order chi connectivity index (χ1) is 7.16. The summed E-state index contributed by atoms with van der Waals surface area (Å²) >= 11 is -1.01. The number of alkyl halides is 2. The van der Waals surface area contributed by atoms with E-state index in [4.69, 9.17) is 5.73 Å². The normalized spacial score (nSPS) is 32.4. The van der Waals surface area contributed by atoms with E-state index in [9.17, 15) is 9.59 Å². The van der Waals surface area contributed by atoms with Gasteiger partial charge >= 0.3 is 97.6 Å². The molecule has 2 rings (SSSR count). The third kappa shape index (κ3) is 3.16. The molecule has 1 saturated carbocycles. The SMILES string of the molecule is NC(=O)C1CCC(CC(=O)I2CC2)CC1. The van der Waals surface area contributed by atoms with Crippen molar-refractivity contribution in [3.8, 4) is 0 Å². The minimum absolute atomic E-state index is 0.0797. The van der Waals surface area contributed by atoms with Crippen molar-refractivity contribution in [1.29, 1.82) is 0 Å². The van der Waals surface area contributed by atoms with Crippen LogP contribution in [0.5, 0.6) is 0 Å². The van der Waals surface area contributed by atoms with Crippen LogP contribution in [0.25, 0.3) is 0 Å². The number of nitrogens with two attached hydrogens (primary N) is 1. The Balaban J connectivity index is 1.73. The van der Waals surface area contributed by atoms with Gasteiger partial charge in [-0.2, -0.15) is 0 Å². The molecule has 2 N–H and O–H groups in total. The number of carbonyl (C=O) groups is 2. The van der Waals surface area contributed by atoms with Gasteiger partial charge in [0.25, 0.3) is 0 Å². The van der Waals surface area contributed by atoms with Gasteiger partial charge in [-0.25, -0.2) is 0 Å². The topological polar surface area (TPSA) is 60.2 Å². The first-order valence-electron chi connectivity index (χ1n) is 5.60. The molecule has 1 heterocycles. The van der Waals surface area contributed by atoms with Crippen molar-refractivity contribution in [2.75, 3.05) is 8.86 Å². The molecule has 0 aromatic rings. The van der Waals surface area contributed by atoms with E-state index in [-0.39, 0.29) is 11.8 Å². The fourth-order valence-corrected chi connectivity index (χ4v) is 6.25. The summed E-state index contributed by atoms with van der Waals surface area (Å²) in [6.45, 7) is 0. The van der Waals surface area contributed by atoms with Crippen LogP contribution in [0.1, 0.15) is 32.1 Å². The predicted octanol–water partition coefficient (Wildman–Crippen LogP) is 1.71. The molecule has 0 bridgehead atoms. The second kappa shape index (κ2) is 4.80. The number of carbonyl (C=O) groups excluding carboxylic acids is 2. The van der Waals surface area contributed by atoms with Crippen LogP contribution in [0.15, 0.2) is 0 Å². The van der Waals surface area contributed by atoms with Gasteiger partial charge in [-0.15, -0.1) is 0 Å². The molecule has 15 heavy (non-hydrogen) atoms. The van der Waals surface area contributed by atoms with Gasteiger partial charge in [-0.1, -0.05) is 0 Å². The second-order valence-electron chi connectivity index (χ2n) is 4.51. The Morgan fingerprint density at radius 3 is 2.20 bits per heavy atom. The number of primary amides is 1. The molecule has 1 aliphatic carbocycles. The molecule has 1 saturated heterocycles. The molecule has 0 radical (unpaired) electrons. The van der Waals surface area contributed by atoms with Crippen molar-refractivity contribution in [1.82, 2.24) is 0 Å². The van der Waals surface area contributed by atoms with Gasteiger partial charge in [-0.3, -0.25) is 0 Å². The number of halogens is 1. The zero-order chi connectivity index (χ0) is 10.8. The molecule has 2 aliphatic rings. The zero-order valence-electron chi connectivity index (χ0n) is 8.88. The maximum atomic E-state index is 11.7. The molecule has 4 heteroatoms. The third-order valence-electron chi connectivity index (χ3n) is 3.37. The van der Waals surface area contributed by atoms with E-state index >= 15 is 0 Å². The summed E-state index contributed by atoms with van der Waals surface area (Å²) in [7, 11) is 0. The van der Waals surface area contributed by atoms with Crippen LogP contribution in [-0.4, -0.2) is 18.6 Å². The van der Waals surface area contributed by atoms with Gasteiger partial charge in [0.05, 0.1) is 0 Å². The second-order valence-corrected chi connectivity index (χ2v) is 10.5. The quantitative estimate of drug-likeness (QED) is 0.486. The fourth-order valence-electron chi connectivity index (χ4n) is 2.23. The summed E-state index contributed by atoms with van der Waals surface area (Å²) in [6.07, 6.45) is 4.69. The van der Waals surface area contributed by atoms with E-state index in [0.717, 1.165) is 32.1 Å². The molecule has 86 valence electrons. The van der Waals surface area contributed by atoms with E-state index in [1.807, 2.05) is 0 Å². The molecule has 0 aromatic heterocycles. The van der Waals surface area contributed by atoms with Crippen molar-refractivity contribution < 1.29 is 9.59 Å². The van der Waals surface area contributed by atoms with Crippen molar-refractivity contribution >= 4 is 29.5 Å². The molecule has 1 amide bonds. The van der Waals surface area contributed by atoms with Crippen molar-refractivity contribution in [3.63, 3.8) is 0 Å². The van der Waals surface area contributed by atoms with Gasteiger partial charge in [0.1, 0.15) is 0 Å². The Labute approximate surface area is 97.5 Å². The van der Waals surface area contributed by atoms with Crippen LogP contribution in [-0.2, 0) is 9.59 Å². The van der Waals surface area contributed by atoms with Gasteiger partial charge in [0.2, 0.25) is 0 Å². The first kappa shape index (κ1) is 11.4. The van der Waals surface area contributed by atoms with Gasteiger partial charge in [0.15, 0.2) is 0 Å². The molecule has 3 nitrogen and oxygen atoms in total. The average molecular weight is 323 g/mol. The molecule has 0 spiro atoms. The fraction of sp³-hybridized carbons (Fsp3) is 0.818. The summed E-state index contributed by atoms with van der Waals surface area (Å²) in [6, 6.07) is 0. The summed E-state index contributed by atoms with van der Waals surface area (Å²) in [5.41, 5.74) is 5.27. The number of hydrogen-bond donors (Lipinski definition) is 1. The number of rotatable bonds is 4. The van der Waals surface area contributed by atoms with E-state index in [0.29, 0.717) is 9.71 Å². The van der Waals surface area contributed by atoms with Crippen LogP contribution in [0, 0.1) is 11.8 Å². The van der Waals surface area contributed by atoms with Crippen LogP contribution in [0.2, 0.25) is 0 Å². The summed E-state index contributed by atoms with van der Waals surface area (Å²) in [4.78, 5) is 22.6. The van der Waals surface area contributed by atoms with Crippen LogP contribution >= 0.6 is 19.8 Å². The molecule has 1 aliphatic heterocycles. The maximum absolute atomic E-state index is 11.7. The van der Waals surface area contributed by atoms with Gasteiger partial charge < -0.3 is 0 Å². The molecular weight excluding hydrogens is 305 g/mol. The Kier molecular flexibility index (Phi) is 3.64. The van der Waals surface area contributed by atoms with E-state index in [1.165, 1.54) is 8.86 Å². The molecular formula is C11H18INO2. The third-order valence-corrected chi connectivity index (χ3v) is 7.67. The van der Waals surface area contributed by atoms with Crippen molar-refractivity contribution in [2.45, 2.75) is 32.1 Å². The molecule has 2 fully saturated rings. The Morgan fingerprint density at radius 1 is 1.13 bits per heavy atom. The minimum atomic E-state index is -1.01. The number of hydrogen-bond acceptors (Lipinski definition) is 2. The molecule has 0 aromatic carbocycles. The summed E-state index contributed by atoms with van der Waals surface area (Å²) < 4.78 is 3.14. The van der Waals surface area contributed by atoms with Crippen LogP contribution in [0.4, 0.5) is 0 Å². The number of amides is 1. The van der Waals surface area contributed by atoms with Crippen LogP contribution in [0.3, 0.4) is 0 Å². The van der Waals surface area contributed by atoms with Crippen molar-refractivity contribution in [2.24, 2.45) is 17.6 Å². The molecule has 0 atom stereocenters. The Morgan fingerprint density at radius 2 is 1.73 bits per heavy atom. The first-order valence-corrected chi connectivity index (χ1v) is 9.73. The monoisotopic (exact) mass is 323 g/mol. The average Bonchev–Trinajstić information content (AvgIpc) is 3.01. The Bertz CT molecular complexity index is 268. The predicted molar refractivity (Wildman–Crippen MR) is 68.0 cm³/mol. The van der Waals surface area contributed by atoms with E-state index in [1.54, 1.807) is 0 Å². The molecule has 0 unspecified atom stereocenters. The van der Waals surface area contributed by atoms with Crippen LogP contribution < -0.4 is 5.73 Å². The standard InChI is InChI=1S/C11H18INO2/c13-11(15)9-3-1-8(2-4-9)7-10(14)12-5-6-12/h8-9H,1-7H2,(H2,13,15). The zero-order valence-corrected chi connectivity index (χ0v) is 11.0. The van der Waals surface area contributed by atoms with Gasteiger partial charge in [-0.05, 0) is 0 Å².